The molecule has 11 heteroatoms. The van der Waals surface area contributed by atoms with E-state index in [4.69, 9.17) is 0 Å². The Balaban J connectivity index is 1.38. The van der Waals surface area contributed by atoms with Crippen LogP contribution in [0.2, 0.25) is 0 Å². The smallest absolute Gasteiger partial charge is 0.324 e. The molecule has 0 aliphatic heterocycles. The van der Waals surface area contributed by atoms with Crippen LogP contribution < -0.4 is 10.6 Å². The number of hydrogen-bond donors (Lipinski definition) is 2. The molecule has 1 amide bonds. The summed E-state index contributed by atoms with van der Waals surface area (Å²) in [4.78, 5) is 24.8. The topological polar surface area (TPSA) is 97.6 Å². The fourth-order valence-electron chi connectivity index (χ4n) is 3.38. The van der Waals surface area contributed by atoms with Crippen LogP contribution in [0.5, 0.6) is 0 Å². The Morgan fingerprint density at radius 3 is 2.26 bits per heavy atom. The molecule has 35 heavy (non-hydrogen) atoms. The Kier molecular flexibility index (Phi) is 6.50. The lowest BCUT2D eigenvalue weighted by Gasteiger charge is -2.12. The summed E-state index contributed by atoms with van der Waals surface area (Å²) >= 11 is 0. The van der Waals surface area contributed by atoms with Gasteiger partial charge in [-0.3, -0.25) is 14.5 Å². The number of amides is 1. The van der Waals surface area contributed by atoms with Crippen LogP contribution >= 0.6 is 0 Å². The molecule has 0 unspecified atom stereocenters. The number of pyridine rings is 1. The predicted octanol–water partition coefficient (Wildman–Crippen LogP) is 4.83. The van der Waals surface area contributed by atoms with Crippen LogP contribution in [0.4, 0.5) is 30.5 Å². The number of halogens is 3. The third-order valence-electron chi connectivity index (χ3n) is 5.46. The summed E-state index contributed by atoms with van der Waals surface area (Å²) in [6, 6.07) is 8.09. The Morgan fingerprint density at radius 2 is 1.66 bits per heavy atom. The third kappa shape index (κ3) is 5.62. The maximum atomic E-state index is 13.1. The fraction of sp³-hybridized carbons (Fsp3) is 0.208. The van der Waals surface area contributed by atoms with Gasteiger partial charge >= 0.3 is 6.18 Å². The van der Waals surface area contributed by atoms with Gasteiger partial charge < -0.3 is 10.6 Å². The van der Waals surface area contributed by atoms with Crippen molar-refractivity contribution in [2.45, 2.75) is 26.4 Å². The second-order valence-corrected chi connectivity index (χ2v) is 7.96. The Bertz CT molecular complexity index is 1350. The lowest BCUT2D eigenvalue weighted by Crippen LogP contribution is -2.16. The normalized spacial score (nSPS) is 11.4. The summed E-state index contributed by atoms with van der Waals surface area (Å²) in [5.74, 6) is -0.00148. The van der Waals surface area contributed by atoms with Gasteiger partial charge in [0, 0.05) is 30.7 Å². The fourth-order valence-corrected chi connectivity index (χ4v) is 3.38. The van der Waals surface area contributed by atoms with Crippen molar-refractivity contribution in [3.63, 3.8) is 0 Å². The number of benzene rings is 1. The molecule has 4 rings (SSSR count). The van der Waals surface area contributed by atoms with Gasteiger partial charge in [0.25, 0.3) is 0 Å². The van der Waals surface area contributed by atoms with Gasteiger partial charge in [-0.05, 0) is 31.0 Å². The van der Waals surface area contributed by atoms with Gasteiger partial charge in [-0.25, -0.2) is 9.97 Å². The van der Waals surface area contributed by atoms with E-state index in [0.717, 1.165) is 28.6 Å². The highest BCUT2D eigenvalue weighted by atomic mass is 19.4. The zero-order valence-corrected chi connectivity index (χ0v) is 19.2. The van der Waals surface area contributed by atoms with Crippen LogP contribution in [0.15, 0.2) is 55.1 Å². The zero-order valence-electron chi connectivity index (χ0n) is 19.2. The molecule has 180 valence electrons. The van der Waals surface area contributed by atoms with Crippen molar-refractivity contribution in [3.05, 3.63) is 77.6 Å². The van der Waals surface area contributed by atoms with Crippen molar-refractivity contribution in [2.24, 2.45) is 7.05 Å². The van der Waals surface area contributed by atoms with E-state index in [-0.39, 0.29) is 17.8 Å². The summed E-state index contributed by atoms with van der Waals surface area (Å²) in [7, 11) is 1.85. The Labute approximate surface area is 199 Å². The van der Waals surface area contributed by atoms with Crippen molar-refractivity contribution < 1.29 is 18.0 Å². The van der Waals surface area contributed by atoms with Gasteiger partial charge in [0.2, 0.25) is 11.9 Å². The van der Waals surface area contributed by atoms with E-state index in [1.165, 1.54) is 13.1 Å². The van der Waals surface area contributed by atoms with E-state index in [2.05, 4.69) is 30.7 Å². The third-order valence-corrected chi connectivity index (χ3v) is 5.46. The van der Waals surface area contributed by atoms with Gasteiger partial charge in [-0.2, -0.15) is 18.3 Å². The second-order valence-electron chi connectivity index (χ2n) is 7.96. The van der Waals surface area contributed by atoms with Crippen molar-refractivity contribution >= 4 is 23.2 Å². The lowest BCUT2D eigenvalue weighted by molar-refractivity contribution is -0.138. The van der Waals surface area contributed by atoms with E-state index in [9.17, 15) is 18.0 Å². The maximum absolute atomic E-state index is 13.1. The van der Waals surface area contributed by atoms with Crippen LogP contribution in [0.3, 0.4) is 0 Å². The number of alkyl halides is 3. The standard InChI is InChI=1S/C24H22F3N7O/c1-14-20(24(25,26)27)9-19(12-28-14)32-22(35)8-16-4-6-17(7-5-16)18-10-29-23(30-11-18)33-21-13-31-34(3)15(21)2/h4-7,9-13H,8H2,1-3H3,(H,32,35)(H,29,30,33). The minimum Gasteiger partial charge on any atom is -0.324 e. The second kappa shape index (κ2) is 9.53. The summed E-state index contributed by atoms with van der Waals surface area (Å²) < 4.78 is 40.9. The molecular formula is C24H22F3N7O. The van der Waals surface area contributed by atoms with E-state index >= 15 is 0 Å². The first-order valence-corrected chi connectivity index (χ1v) is 10.6. The van der Waals surface area contributed by atoms with Crippen LogP contribution in [0.1, 0.15) is 22.5 Å². The number of nitrogens with zero attached hydrogens (tertiary/aromatic N) is 5. The van der Waals surface area contributed by atoms with E-state index in [0.29, 0.717) is 11.5 Å². The van der Waals surface area contributed by atoms with Gasteiger partial charge in [-0.15, -0.1) is 0 Å². The number of rotatable bonds is 6. The molecule has 3 heterocycles. The number of aromatic nitrogens is 5. The predicted molar refractivity (Wildman–Crippen MR) is 125 cm³/mol. The summed E-state index contributed by atoms with van der Waals surface area (Å²) in [6.45, 7) is 3.20. The number of nitrogens with one attached hydrogen (secondary N) is 2. The minimum absolute atomic E-state index is 0.000667. The summed E-state index contributed by atoms with van der Waals surface area (Å²) in [6.07, 6.45) is 1.74. The first-order chi connectivity index (χ1) is 16.6. The SMILES string of the molecule is Cc1ncc(NC(=O)Cc2ccc(-c3cnc(Nc4cnn(C)c4C)nc3)cc2)cc1C(F)(F)F. The van der Waals surface area contributed by atoms with Crippen molar-refractivity contribution in [2.75, 3.05) is 10.6 Å². The molecule has 0 atom stereocenters. The zero-order chi connectivity index (χ0) is 25.2. The average molecular weight is 481 g/mol. The number of carbonyl (C=O) groups excluding carboxylic acids is 1. The van der Waals surface area contributed by atoms with Crippen LogP contribution in [-0.2, 0) is 24.4 Å². The number of anilines is 3. The molecule has 0 radical (unpaired) electrons. The lowest BCUT2D eigenvalue weighted by atomic mass is 10.0. The highest BCUT2D eigenvalue weighted by molar-refractivity contribution is 5.92. The quantitative estimate of drug-likeness (QED) is 0.409. The molecule has 2 N–H and O–H groups in total. The molecule has 8 nitrogen and oxygen atoms in total. The maximum Gasteiger partial charge on any atom is 0.418 e. The van der Waals surface area contributed by atoms with Crippen LogP contribution in [-0.4, -0.2) is 30.6 Å². The van der Waals surface area contributed by atoms with Crippen LogP contribution in [0.25, 0.3) is 11.1 Å². The van der Waals surface area contributed by atoms with Crippen LogP contribution in [0, 0.1) is 13.8 Å². The Hall–Kier alpha value is -4.28. The minimum atomic E-state index is -4.54. The van der Waals surface area contributed by atoms with Gasteiger partial charge in [-0.1, -0.05) is 24.3 Å². The largest absolute Gasteiger partial charge is 0.418 e. The highest BCUT2D eigenvalue weighted by Crippen LogP contribution is 2.32. The van der Waals surface area contributed by atoms with Crippen molar-refractivity contribution in [3.8, 4) is 11.1 Å². The summed E-state index contributed by atoms with van der Waals surface area (Å²) in [5.41, 5.74) is 3.10. The molecule has 0 aliphatic carbocycles. The first-order valence-electron chi connectivity index (χ1n) is 10.6. The molecule has 0 aliphatic rings. The Morgan fingerprint density at radius 1 is 0.971 bits per heavy atom. The molecular weight excluding hydrogens is 459 g/mol. The molecule has 3 aromatic heterocycles. The van der Waals surface area contributed by atoms with E-state index in [1.807, 2.05) is 26.1 Å². The van der Waals surface area contributed by atoms with Gasteiger partial charge in [0.05, 0.1) is 41.4 Å². The number of carbonyl (C=O) groups is 1. The van der Waals surface area contributed by atoms with E-state index in [1.54, 1.807) is 35.4 Å². The molecule has 0 spiro atoms. The van der Waals surface area contributed by atoms with E-state index < -0.39 is 17.6 Å². The molecule has 1 aromatic carbocycles. The molecule has 0 saturated heterocycles. The van der Waals surface area contributed by atoms with Crippen molar-refractivity contribution in [1.29, 1.82) is 0 Å². The number of hydrogen-bond acceptors (Lipinski definition) is 6. The van der Waals surface area contributed by atoms with Gasteiger partial charge in [0.15, 0.2) is 0 Å². The average Bonchev–Trinajstić information content (AvgIpc) is 3.13. The molecule has 0 fully saturated rings. The first kappa shape index (κ1) is 23.9. The highest BCUT2D eigenvalue weighted by Gasteiger charge is 2.33. The number of aryl methyl sites for hydroxylation is 2. The monoisotopic (exact) mass is 481 g/mol. The molecule has 0 saturated carbocycles. The summed E-state index contributed by atoms with van der Waals surface area (Å²) in [5, 5.41) is 9.76. The van der Waals surface area contributed by atoms with Crippen molar-refractivity contribution in [1.82, 2.24) is 24.7 Å². The molecule has 0 bridgehead atoms. The molecule has 4 aromatic rings. The van der Waals surface area contributed by atoms with Gasteiger partial charge in [0.1, 0.15) is 0 Å².